The van der Waals surface area contributed by atoms with Crippen LogP contribution in [-0.4, -0.2) is 22.9 Å². The Kier molecular flexibility index (Phi) is 4.76. The number of hydrogen-bond donors (Lipinski definition) is 3. The fraction of sp³-hybridized carbons (Fsp3) is 0.174. The quantitative estimate of drug-likeness (QED) is 0.586. The Hall–Kier alpha value is -3.67. The van der Waals surface area contributed by atoms with Gasteiger partial charge in [-0.3, -0.25) is 9.59 Å². The Morgan fingerprint density at radius 2 is 1.59 bits per heavy atom. The fourth-order valence-electron chi connectivity index (χ4n) is 3.66. The molecule has 0 atom stereocenters. The third-order valence-electron chi connectivity index (χ3n) is 5.30. The highest BCUT2D eigenvalue weighted by Crippen LogP contribution is 2.48. The highest BCUT2D eigenvalue weighted by Gasteiger charge is 2.46. The van der Waals surface area contributed by atoms with Crippen molar-refractivity contribution in [2.24, 2.45) is 0 Å². The van der Waals surface area contributed by atoms with Gasteiger partial charge in [-0.25, -0.2) is 4.79 Å². The van der Waals surface area contributed by atoms with Crippen molar-refractivity contribution in [3.63, 3.8) is 0 Å². The Bertz CT molecular complexity index is 1110. The second-order valence-electron chi connectivity index (χ2n) is 7.21. The molecule has 0 spiro atoms. The van der Waals surface area contributed by atoms with E-state index in [0.717, 1.165) is 29.2 Å². The summed E-state index contributed by atoms with van der Waals surface area (Å²) in [4.78, 5) is 35.1. The molecule has 1 aliphatic rings. The molecule has 3 N–H and O–H groups in total. The second kappa shape index (κ2) is 7.39. The zero-order valence-electron chi connectivity index (χ0n) is 15.6. The standard InChI is InChI=1S/C23H20N2O4/c26-20(18-10-4-2-7-16(18)14-24-21(27)22(28)29)25-23(12-13-23)19-11-5-8-15-6-1-3-9-17(15)19/h1-11H,12-14H2,(H,24,27)(H,25,26)(H,28,29). The first kappa shape index (κ1) is 18.7. The van der Waals surface area contributed by atoms with Gasteiger partial charge in [0.05, 0.1) is 5.54 Å². The lowest BCUT2D eigenvalue weighted by Gasteiger charge is -2.21. The summed E-state index contributed by atoms with van der Waals surface area (Å²) < 4.78 is 0. The molecule has 0 saturated heterocycles. The first-order chi connectivity index (χ1) is 14.0. The van der Waals surface area contributed by atoms with Crippen LogP contribution in [0, 0.1) is 0 Å². The SMILES string of the molecule is O=C(O)C(=O)NCc1ccccc1C(=O)NC1(c2cccc3ccccc23)CC1. The van der Waals surface area contributed by atoms with Crippen LogP contribution in [0.5, 0.6) is 0 Å². The van der Waals surface area contributed by atoms with E-state index >= 15 is 0 Å². The van der Waals surface area contributed by atoms with Crippen molar-refractivity contribution in [3.05, 3.63) is 83.4 Å². The van der Waals surface area contributed by atoms with E-state index in [2.05, 4.69) is 34.9 Å². The molecule has 1 aliphatic carbocycles. The Balaban J connectivity index is 1.58. The molecule has 3 aromatic carbocycles. The van der Waals surface area contributed by atoms with E-state index < -0.39 is 17.4 Å². The van der Waals surface area contributed by atoms with Crippen LogP contribution < -0.4 is 10.6 Å². The highest BCUT2D eigenvalue weighted by molar-refractivity contribution is 6.31. The van der Waals surface area contributed by atoms with E-state index in [9.17, 15) is 14.4 Å². The van der Waals surface area contributed by atoms with Gasteiger partial charge in [0.1, 0.15) is 0 Å². The van der Waals surface area contributed by atoms with E-state index in [1.807, 2.05) is 18.2 Å². The van der Waals surface area contributed by atoms with Gasteiger partial charge in [-0.1, -0.05) is 60.7 Å². The van der Waals surface area contributed by atoms with Gasteiger partial charge in [-0.05, 0) is 40.8 Å². The molecule has 4 rings (SSSR count). The average Bonchev–Trinajstić information content (AvgIpc) is 3.52. The monoisotopic (exact) mass is 388 g/mol. The predicted octanol–water partition coefficient (Wildman–Crippen LogP) is 2.96. The summed E-state index contributed by atoms with van der Waals surface area (Å²) in [6.07, 6.45) is 1.70. The number of fused-ring (bicyclic) bond motifs is 1. The average molecular weight is 388 g/mol. The molecule has 0 aliphatic heterocycles. The zero-order valence-corrected chi connectivity index (χ0v) is 15.6. The number of benzene rings is 3. The molecule has 6 nitrogen and oxygen atoms in total. The summed E-state index contributed by atoms with van der Waals surface area (Å²) in [6.45, 7) is -0.0318. The van der Waals surface area contributed by atoms with Crippen molar-refractivity contribution >= 4 is 28.6 Å². The topological polar surface area (TPSA) is 95.5 Å². The van der Waals surface area contributed by atoms with Gasteiger partial charge in [0.15, 0.2) is 0 Å². The molecular formula is C23H20N2O4. The Labute approximate surface area is 167 Å². The number of amides is 2. The number of carboxylic acid groups (broad SMARTS) is 1. The summed E-state index contributed by atoms with van der Waals surface area (Å²) in [7, 11) is 0. The highest BCUT2D eigenvalue weighted by atomic mass is 16.4. The number of rotatable bonds is 5. The molecule has 0 heterocycles. The lowest BCUT2D eigenvalue weighted by Crippen LogP contribution is -2.36. The lowest BCUT2D eigenvalue weighted by molar-refractivity contribution is -0.150. The van der Waals surface area contributed by atoms with Gasteiger partial charge in [-0.15, -0.1) is 0 Å². The van der Waals surface area contributed by atoms with E-state index in [0.29, 0.717) is 11.1 Å². The molecule has 1 saturated carbocycles. The zero-order chi connectivity index (χ0) is 20.4. The minimum Gasteiger partial charge on any atom is -0.474 e. The second-order valence-corrected chi connectivity index (χ2v) is 7.21. The number of nitrogens with one attached hydrogen (secondary N) is 2. The molecule has 6 heteroatoms. The Morgan fingerprint density at radius 3 is 2.34 bits per heavy atom. The van der Waals surface area contributed by atoms with Gasteiger partial charge in [0.25, 0.3) is 5.91 Å². The molecule has 2 amide bonds. The molecule has 0 aromatic heterocycles. The van der Waals surface area contributed by atoms with Gasteiger partial charge in [-0.2, -0.15) is 0 Å². The smallest absolute Gasteiger partial charge is 0.394 e. The van der Waals surface area contributed by atoms with E-state index in [1.165, 1.54) is 0 Å². The van der Waals surface area contributed by atoms with Crippen molar-refractivity contribution in [1.29, 1.82) is 0 Å². The van der Waals surface area contributed by atoms with Crippen LogP contribution in [0.4, 0.5) is 0 Å². The van der Waals surface area contributed by atoms with Crippen molar-refractivity contribution in [2.75, 3.05) is 0 Å². The minimum absolute atomic E-state index is 0.0318. The van der Waals surface area contributed by atoms with E-state index in [-0.39, 0.29) is 12.5 Å². The minimum atomic E-state index is -1.56. The van der Waals surface area contributed by atoms with Crippen LogP contribution in [0.1, 0.15) is 34.3 Å². The van der Waals surface area contributed by atoms with Crippen LogP contribution >= 0.6 is 0 Å². The summed E-state index contributed by atoms with van der Waals surface area (Å²) in [5, 5.41) is 16.5. The van der Waals surface area contributed by atoms with Crippen LogP contribution in [0.15, 0.2) is 66.7 Å². The maximum Gasteiger partial charge on any atom is 0.394 e. The number of carboxylic acids is 1. The molecule has 29 heavy (non-hydrogen) atoms. The van der Waals surface area contributed by atoms with Crippen molar-refractivity contribution in [1.82, 2.24) is 10.6 Å². The molecule has 0 bridgehead atoms. The molecular weight excluding hydrogens is 368 g/mol. The summed E-state index contributed by atoms with van der Waals surface area (Å²) in [5.41, 5.74) is 1.67. The largest absolute Gasteiger partial charge is 0.474 e. The van der Waals surface area contributed by atoms with Crippen molar-refractivity contribution in [2.45, 2.75) is 24.9 Å². The third-order valence-corrected chi connectivity index (χ3v) is 5.30. The molecule has 146 valence electrons. The number of carbonyl (C=O) groups excluding carboxylic acids is 2. The molecule has 3 aromatic rings. The summed E-state index contributed by atoms with van der Waals surface area (Å²) in [6, 6.07) is 21.1. The van der Waals surface area contributed by atoms with Crippen LogP contribution in [0.3, 0.4) is 0 Å². The first-order valence-corrected chi connectivity index (χ1v) is 9.40. The summed E-state index contributed by atoms with van der Waals surface area (Å²) >= 11 is 0. The molecule has 1 fully saturated rings. The molecule has 0 radical (unpaired) electrons. The number of hydrogen-bond acceptors (Lipinski definition) is 3. The van der Waals surface area contributed by atoms with Crippen LogP contribution in [-0.2, 0) is 21.7 Å². The van der Waals surface area contributed by atoms with Gasteiger partial charge < -0.3 is 15.7 Å². The van der Waals surface area contributed by atoms with Gasteiger partial charge >= 0.3 is 11.9 Å². The van der Waals surface area contributed by atoms with Crippen LogP contribution in [0.25, 0.3) is 10.8 Å². The predicted molar refractivity (Wildman–Crippen MR) is 108 cm³/mol. The first-order valence-electron chi connectivity index (χ1n) is 9.40. The lowest BCUT2D eigenvalue weighted by atomic mass is 9.96. The van der Waals surface area contributed by atoms with Gasteiger partial charge in [0, 0.05) is 12.1 Å². The number of aliphatic carboxylic acids is 1. The van der Waals surface area contributed by atoms with Crippen molar-refractivity contribution < 1.29 is 19.5 Å². The Morgan fingerprint density at radius 1 is 0.897 bits per heavy atom. The normalized spacial score (nSPS) is 14.2. The fourth-order valence-corrected chi connectivity index (χ4v) is 3.66. The maximum absolute atomic E-state index is 13.1. The molecule has 0 unspecified atom stereocenters. The third kappa shape index (κ3) is 3.69. The van der Waals surface area contributed by atoms with Gasteiger partial charge in [0.2, 0.25) is 0 Å². The van der Waals surface area contributed by atoms with E-state index in [4.69, 9.17) is 5.11 Å². The van der Waals surface area contributed by atoms with Crippen molar-refractivity contribution in [3.8, 4) is 0 Å². The maximum atomic E-state index is 13.1. The summed E-state index contributed by atoms with van der Waals surface area (Å²) in [5.74, 6) is -2.90. The van der Waals surface area contributed by atoms with E-state index in [1.54, 1.807) is 24.3 Å². The van der Waals surface area contributed by atoms with Crippen LogP contribution in [0.2, 0.25) is 0 Å². The number of carbonyl (C=O) groups is 3.